The molecule has 1 aromatic heterocycles. The molecule has 21 heavy (non-hydrogen) atoms. The Morgan fingerprint density at radius 1 is 1.43 bits per heavy atom. The summed E-state index contributed by atoms with van der Waals surface area (Å²) in [4.78, 5) is 12.2. The van der Waals surface area contributed by atoms with Crippen LogP contribution >= 0.6 is 35.6 Å². The van der Waals surface area contributed by atoms with Crippen LogP contribution in [-0.2, 0) is 11.3 Å². The van der Waals surface area contributed by atoms with Gasteiger partial charge in [0.15, 0.2) is 0 Å². The van der Waals surface area contributed by atoms with E-state index < -0.39 is 0 Å². The first-order valence-corrected chi connectivity index (χ1v) is 7.73. The van der Waals surface area contributed by atoms with Gasteiger partial charge in [-0.05, 0) is 17.7 Å². The Labute approximate surface area is 136 Å². The van der Waals surface area contributed by atoms with Gasteiger partial charge in [0, 0.05) is 16.8 Å². The topological polar surface area (TPSA) is 46.9 Å². The van der Waals surface area contributed by atoms with Crippen LogP contribution in [-0.4, -0.2) is 20.0 Å². The van der Waals surface area contributed by atoms with Crippen molar-refractivity contribution in [3.05, 3.63) is 57.7 Å². The van der Waals surface area contributed by atoms with Gasteiger partial charge < -0.3 is 5.32 Å². The second kappa shape index (κ2) is 6.01. The summed E-state index contributed by atoms with van der Waals surface area (Å²) in [6.45, 7) is 0.584. The van der Waals surface area contributed by atoms with E-state index in [1.165, 1.54) is 11.8 Å². The number of nitrogens with zero attached hydrogens (tertiary/aromatic N) is 2. The Morgan fingerprint density at radius 2 is 2.24 bits per heavy atom. The number of hydrogen-bond acceptors (Lipinski definition) is 4. The van der Waals surface area contributed by atoms with E-state index in [1.54, 1.807) is 17.0 Å². The normalized spacial score (nSPS) is 16.5. The van der Waals surface area contributed by atoms with Gasteiger partial charge in [-0.3, -0.25) is 9.48 Å². The van der Waals surface area contributed by atoms with Gasteiger partial charge in [0.05, 0.1) is 17.6 Å². The predicted molar refractivity (Wildman–Crippen MR) is 89.1 cm³/mol. The van der Waals surface area contributed by atoms with Gasteiger partial charge in [0.2, 0.25) is 0 Å². The molecule has 0 radical (unpaired) electrons. The molecule has 0 saturated carbocycles. The molecule has 2 heterocycles. The van der Waals surface area contributed by atoms with Crippen molar-refractivity contribution in [2.45, 2.75) is 6.54 Å². The molecule has 3 rings (SSSR count). The first-order valence-electron chi connectivity index (χ1n) is 6.12. The van der Waals surface area contributed by atoms with Gasteiger partial charge in [-0.2, -0.15) is 5.10 Å². The van der Waals surface area contributed by atoms with Crippen LogP contribution < -0.4 is 5.32 Å². The quantitative estimate of drug-likeness (QED) is 0.691. The SMILES string of the molecule is O=C1NC(=S)SC1=Cc1cnn(Cc2ccccc2Cl)c1. The lowest BCUT2D eigenvalue weighted by Gasteiger charge is -2.03. The number of amides is 1. The van der Waals surface area contributed by atoms with Crippen molar-refractivity contribution in [1.82, 2.24) is 15.1 Å². The highest BCUT2D eigenvalue weighted by atomic mass is 35.5. The summed E-state index contributed by atoms with van der Waals surface area (Å²) < 4.78 is 2.26. The summed E-state index contributed by atoms with van der Waals surface area (Å²) in [6, 6.07) is 7.64. The lowest BCUT2D eigenvalue weighted by atomic mass is 10.2. The molecule has 106 valence electrons. The molecule has 1 N–H and O–H groups in total. The van der Waals surface area contributed by atoms with Crippen LogP contribution in [0, 0.1) is 0 Å². The fraction of sp³-hybridized carbons (Fsp3) is 0.0714. The first kappa shape index (κ1) is 14.3. The maximum Gasteiger partial charge on any atom is 0.263 e. The highest BCUT2D eigenvalue weighted by Gasteiger charge is 2.22. The minimum absolute atomic E-state index is 0.163. The molecule has 0 bridgehead atoms. The molecule has 0 spiro atoms. The summed E-state index contributed by atoms with van der Waals surface area (Å²) in [5, 5.41) is 7.57. The third-order valence-corrected chi connectivity index (χ3v) is 4.41. The van der Waals surface area contributed by atoms with Crippen molar-refractivity contribution in [2.24, 2.45) is 0 Å². The Kier molecular flexibility index (Phi) is 4.10. The zero-order chi connectivity index (χ0) is 14.8. The Balaban J connectivity index is 1.78. The molecule has 1 aromatic carbocycles. The van der Waals surface area contributed by atoms with Crippen LogP contribution in [0.15, 0.2) is 41.6 Å². The van der Waals surface area contributed by atoms with E-state index in [0.717, 1.165) is 11.1 Å². The fourth-order valence-electron chi connectivity index (χ4n) is 1.91. The largest absolute Gasteiger partial charge is 0.307 e. The average Bonchev–Trinajstić information content (AvgIpc) is 3.00. The molecule has 1 aliphatic rings. The molecule has 0 aliphatic carbocycles. The van der Waals surface area contributed by atoms with Crippen molar-refractivity contribution in [2.75, 3.05) is 0 Å². The number of rotatable bonds is 3. The summed E-state index contributed by atoms with van der Waals surface area (Å²) in [7, 11) is 0. The van der Waals surface area contributed by atoms with Crippen molar-refractivity contribution < 1.29 is 4.79 Å². The van der Waals surface area contributed by atoms with Gasteiger partial charge in [-0.25, -0.2) is 0 Å². The number of thiocarbonyl (C=S) groups is 1. The van der Waals surface area contributed by atoms with Gasteiger partial charge in [-0.1, -0.05) is 53.8 Å². The maximum absolute atomic E-state index is 11.6. The highest BCUT2D eigenvalue weighted by molar-refractivity contribution is 8.26. The molecule has 4 nitrogen and oxygen atoms in total. The number of hydrogen-bond donors (Lipinski definition) is 1. The maximum atomic E-state index is 11.6. The molecule has 7 heteroatoms. The molecule has 0 atom stereocenters. The number of benzene rings is 1. The summed E-state index contributed by atoms with van der Waals surface area (Å²) in [6.07, 6.45) is 5.35. The second-order valence-corrected chi connectivity index (χ2v) is 6.54. The van der Waals surface area contributed by atoms with E-state index in [2.05, 4.69) is 10.4 Å². The van der Waals surface area contributed by atoms with E-state index in [-0.39, 0.29) is 5.91 Å². The third kappa shape index (κ3) is 3.34. The minimum Gasteiger partial charge on any atom is -0.307 e. The van der Waals surface area contributed by atoms with E-state index in [1.807, 2.05) is 30.5 Å². The smallest absolute Gasteiger partial charge is 0.263 e. The van der Waals surface area contributed by atoms with Crippen LogP contribution in [0.3, 0.4) is 0 Å². The lowest BCUT2D eigenvalue weighted by Crippen LogP contribution is -2.17. The monoisotopic (exact) mass is 335 g/mol. The fourth-order valence-corrected chi connectivity index (χ4v) is 3.15. The van der Waals surface area contributed by atoms with Crippen LogP contribution in [0.5, 0.6) is 0 Å². The van der Waals surface area contributed by atoms with Crippen LogP contribution in [0.2, 0.25) is 5.02 Å². The van der Waals surface area contributed by atoms with Gasteiger partial charge in [0.25, 0.3) is 5.91 Å². The van der Waals surface area contributed by atoms with Crippen LogP contribution in [0.1, 0.15) is 11.1 Å². The molecule has 2 aromatic rings. The molecular formula is C14H10ClN3OS2. The summed E-state index contributed by atoms with van der Waals surface area (Å²) in [5.41, 5.74) is 1.85. The number of aromatic nitrogens is 2. The summed E-state index contributed by atoms with van der Waals surface area (Å²) in [5.74, 6) is -0.163. The van der Waals surface area contributed by atoms with E-state index in [9.17, 15) is 4.79 Å². The Morgan fingerprint density at radius 3 is 2.95 bits per heavy atom. The molecule has 1 saturated heterocycles. The van der Waals surface area contributed by atoms with E-state index >= 15 is 0 Å². The Bertz CT molecular complexity index is 754. The molecule has 0 unspecified atom stereocenters. The van der Waals surface area contributed by atoms with Crippen molar-refractivity contribution >= 4 is 51.9 Å². The third-order valence-electron chi connectivity index (χ3n) is 2.88. The number of halogens is 1. The zero-order valence-corrected chi connectivity index (χ0v) is 13.1. The van der Waals surface area contributed by atoms with Gasteiger partial charge in [-0.15, -0.1) is 0 Å². The number of carbonyl (C=O) groups excluding carboxylic acids is 1. The van der Waals surface area contributed by atoms with Crippen molar-refractivity contribution in [1.29, 1.82) is 0 Å². The van der Waals surface area contributed by atoms with Crippen molar-refractivity contribution in [3.8, 4) is 0 Å². The molecule has 1 fully saturated rings. The van der Waals surface area contributed by atoms with E-state index in [4.69, 9.17) is 23.8 Å². The number of nitrogens with one attached hydrogen (secondary N) is 1. The average molecular weight is 336 g/mol. The zero-order valence-electron chi connectivity index (χ0n) is 10.7. The predicted octanol–water partition coefficient (Wildman–Crippen LogP) is 3.07. The van der Waals surface area contributed by atoms with Crippen molar-refractivity contribution in [3.63, 3.8) is 0 Å². The second-order valence-electron chi connectivity index (χ2n) is 4.41. The molecule has 1 aliphatic heterocycles. The highest BCUT2D eigenvalue weighted by Crippen LogP contribution is 2.25. The van der Waals surface area contributed by atoms with Gasteiger partial charge >= 0.3 is 0 Å². The number of thioether (sulfide) groups is 1. The van der Waals surface area contributed by atoms with Crippen LogP contribution in [0.4, 0.5) is 0 Å². The number of carbonyl (C=O) groups is 1. The van der Waals surface area contributed by atoms with Gasteiger partial charge in [0.1, 0.15) is 4.32 Å². The minimum atomic E-state index is -0.163. The molecular weight excluding hydrogens is 326 g/mol. The van der Waals surface area contributed by atoms with E-state index in [0.29, 0.717) is 20.8 Å². The first-order chi connectivity index (χ1) is 10.1. The summed E-state index contributed by atoms with van der Waals surface area (Å²) >= 11 is 12.3. The Hall–Kier alpha value is -1.63. The van der Waals surface area contributed by atoms with Crippen LogP contribution in [0.25, 0.3) is 6.08 Å². The molecule has 1 amide bonds. The standard InChI is InChI=1S/C14H10ClN3OS2/c15-11-4-2-1-3-10(11)8-18-7-9(6-16-18)5-12-13(19)17-14(20)21-12/h1-7H,8H2,(H,17,19,20). The lowest BCUT2D eigenvalue weighted by molar-refractivity contribution is -0.115.